The van der Waals surface area contributed by atoms with Crippen molar-refractivity contribution in [1.29, 1.82) is 0 Å². The summed E-state index contributed by atoms with van der Waals surface area (Å²) in [5.41, 5.74) is 6.20. The molecular weight excluding hydrogens is 320 g/mol. The Bertz CT molecular complexity index is 933. The van der Waals surface area contributed by atoms with Crippen molar-refractivity contribution in [3.05, 3.63) is 58.7 Å². The largest absolute Gasteiger partial charge is 0.454 e. The Balaban J connectivity index is 1.66. The van der Waals surface area contributed by atoms with E-state index in [1.807, 2.05) is 32.0 Å². The first-order chi connectivity index (χ1) is 12.0. The van der Waals surface area contributed by atoms with Crippen molar-refractivity contribution in [3.8, 4) is 11.5 Å². The van der Waals surface area contributed by atoms with Crippen molar-refractivity contribution in [2.45, 2.75) is 13.8 Å². The highest BCUT2D eigenvalue weighted by atomic mass is 16.7. The summed E-state index contributed by atoms with van der Waals surface area (Å²) in [6.07, 6.45) is 1.56. The van der Waals surface area contributed by atoms with Gasteiger partial charge in [0.1, 0.15) is 5.57 Å². The third kappa shape index (κ3) is 2.61. The topological polar surface area (TPSA) is 67.9 Å². The van der Waals surface area contributed by atoms with E-state index < -0.39 is 5.91 Å². The van der Waals surface area contributed by atoms with Crippen LogP contribution in [0, 0.1) is 13.8 Å². The molecule has 25 heavy (non-hydrogen) atoms. The number of hydrogen-bond donors (Lipinski definition) is 1. The van der Waals surface area contributed by atoms with Crippen molar-refractivity contribution >= 4 is 23.6 Å². The highest BCUT2D eigenvalue weighted by molar-refractivity contribution is 6.31. The van der Waals surface area contributed by atoms with Crippen molar-refractivity contribution in [2.24, 2.45) is 0 Å². The van der Waals surface area contributed by atoms with Crippen LogP contribution in [0.15, 0.2) is 42.0 Å². The van der Waals surface area contributed by atoms with Gasteiger partial charge in [0.25, 0.3) is 11.8 Å². The number of benzene rings is 2. The second-order valence-electron chi connectivity index (χ2n) is 6.02. The summed E-state index contributed by atoms with van der Waals surface area (Å²) >= 11 is 0. The third-order valence-electron chi connectivity index (χ3n) is 4.35. The monoisotopic (exact) mass is 336 g/mol. The molecule has 126 valence electrons. The number of nitrogens with zero attached hydrogens (tertiary/aromatic N) is 1. The summed E-state index contributed by atoms with van der Waals surface area (Å²) in [6.45, 7) is 4.13. The quantitative estimate of drug-likeness (QED) is 0.676. The molecule has 4 rings (SSSR count). The summed E-state index contributed by atoms with van der Waals surface area (Å²) in [5.74, 6) is 0.444. The minimum absolute atomic E-state index is 0.0806. The molecule has 0 spiro atoms. The average molecular weight is 336 g/mol. The lowest BCUT2D eigenvalue weighted by atomic mass is 10.1. The van der Waals surface area contributed by atoms with E-state index in [4.69, 9.17) is 9.47 Å². The molecule has 0 radical (unpaired) electrons. The molecule has 2 aromatic carbocycles. The highest BCUT2D eigenvalue weighted by Crippen LogP contribution is 2.33. The second kappa shape index (κ2) is 5.66. The summed E-state index contributed by atoms with van der Waals surface area (Å²) in [5, 5.41) is 1.27. The fourth-order valence-electron chi connectivity index (χ4n) is 2.77. The third-order valence-corrected chi connectivity index (χ3v) is 4.35. The maximum absolute atomic E-state index is 12.7. The Hall–Kier alpha value is -3.28. The zero-order valence-electron chi connectivity index (χ0n) is 13.8. The van der Waals surface area contributed by atoms with Crippen LogP contribution in [-0.4, -0.2) is 18.6 Å². The molecule has 1 saturated heterocycles. The number of ether oxygens (including phenoxy) is 2. The van der Waals surface area contributed by atoms with Crippen LogP contribution in [0.4, 0.5) is 5.69 Å². The van der Waals surface area contributed by atoms with Gasteiger partial charge in [0, 0.05) is 0 Å². The Kier molecular flexibility index (Phi) is 3.46. The first kappa shape index (κ1) is 15.3. The normalized spacial score (nSPS) is 17.4. The number of nitrogens with one attached hydrogen (secondary N) is 1. The zero-order chi connectivity index (χ0) is 17.6. The van der Waals surface area contributed by atoms with Crippen molar-refractivity contribution < 1.29 is 19.1 Å². The van der Waals surface area contributed by atoms with Crippen LogP contribution < -0.4 is 19.9 Å². The van der Waals surface area contributed by atoms with E-state index in [-0.39, 0.29) is 18.3 Å². The summed E-state index contributed by atoms with van der Waals surface area (Å²) < 4.78 is 10.6. The molecule has 1 fully saturated rings. The maximum Gasteiger partial charge on any atom is 0.282 e. The van der Waals surface area contributed by atoms with Gasteiger partial charge in [-0.15, -0.1) is 0 Å². The lowest BCUT2D eigenvalue weighted by Crippen LogP contribution is -2.35. The van der Waals surface area contributed by atoms with Gasteiger partial charge >= 0.3 is 0 Å². The van der Waals surface area contributed by atoms with Gasteiger partial charge in [0.15, 0.2) is 11.5 Å². The van der Waals surface area contributed by atoms with Crippen molar-refractivity contribution in [2.75, 3.05) is 11.8 Å². The fourth-order valence-corrected chi connectivity index (χ4v) is 2.77. The van der Waals surface area contributed by atoms with Crippen molar-refractivity contribution in [3.63, 3.8) is 0 Å². The van der Waals surface area contributed by atoms with Crippen LogP contribution in [0.3, 0.4) is 0 Å². The predicted molar refractivity (Wildman–Crippen MR) is 92.1 cm³/mol. The lowest BCUT2D eigenvalue weighted by Gasteiger charge is -2.15. The van der Waals surface area contributed by atoms with Gasteiger partial charge in [-0.25, -0.2) is 5.01 Å². The smallest absolute Gasteiger partial charge is 0.282 e. The van der Waals surface area contributed by atoms with E-state index in [0.29, 0.717) is 22.7 Å². The number of carbonyl (C=O) groups excluding carboxylic acids is 2. The van der Waals surface area contributed by atoms with Gasteiger partial charge in [0.2, 0.25) is 6.79 Å². The van der Waals surface area contributed by atoms with Crippen LogP contribution >= 0.6 is 0 Å². The summed E-state index contributed by atoms with van der Waals surface area (Å²) in [4.78, 5) is 24.9. The number of hydrogen-bond acceptors (Lipinski definition) is 4. The van der Waals surface area contributed by atoms with E-state index in [0.717, 1.165) is 11.1 Å². The molecule has 2 aromatic rings. The molecule has 0 atom stereocenters. The number of aryl methyl sites for hydroxylation is 2. The summed E-state index contributed by atoms with van der Waals surface area (Å²) in [7, 11) is 0. The molecule has 0 aromatic heterocycles. The highest BCUT2D eigenvalue weighted by Gasteiger charge is 2.34. The van der Waals surface area contributed by atoms with E-state index in [9.17, 15) is 9.59 Å². The van der Waals surface area contributed by atoms with Gasteiger partial charge in [-0.3, -0.25) is 15.0 Å². The molecule has 0 bridgehead atoms. The predicted octanol–water partition coefficient (Wildman–Crippen LogP) is 2.49. The Morgan fingerprint density at radius 1 is 1.00 bits per heavy atom. The molecule has 2 aliphatic heterocycles. The molecule has 6 heteroatoms. The van der Waals surface area contributed by atoms with Gasteiger partial charge in [-0.1, -0.05) is 12.1 Å². The van der Waals surface area contributed by atoms with Crippen LogP contribution in [0.5, 0.6) is 11.5 Å². The van der Waals surface area contributed by atoms with E-state index in [1.54, 1.807) is 24.3 Å². The lowest BCUT2D eigenvalue weighted by molar-refractivity contribution is -0.117. The number of fused-ring (bicyclic) bond motifs is 1. The van der Waals surface area contributed by atoms with Crippen LogP contribution in [0.2, 0.25) is 0 Å². The molecule has 2 amide bonds. The average Bonchev–Trinajstić information content (AvgIpc) is 3.16. The first-order valence-electron chi connectivity index (χ1n) is 7.87. The minimum atomic E-state index is -0.430. The van der Waals surface area contributed by atoms with E-state index in [1.165, 1.54) is 5.01 Å². The summed E-state index contributed by atoms with van der Waals surface area (Å²) in [6, 6.07) is 10.9. The molecule has 1 N–H and O–H groups in total. The fraction of sp³-hybridized carbons (Fsp3) is 0.158. The van der Waals surface area contributed by atoms with Gasteiger partial charge in [-0.2, -0.15) is 0 Å². The molecule has 2 aliphatic rings. The van der Waals surface area contributed by atoms with Crippen LogP contribution in [0.25, 0.3) is 6.08 Å². The molecule has 0 aliphatic carbocycles. The second-order valence-corrected chi connectivity index (χ2v) is 6.02. The van der Waals surface area contributed by atoms with Crippen LogP contribution in [-0.2, 0) is 9.59 Å². The standard InChI is InChI=1S/C19H16N2O4/c1-11-3-5-14(7-12(11)2)21-19(23)15(18(22)20-21)8-13-4-6-16-17(9-13)25-10-24-16/h3-9H,10H2,1-2H3,(H,20,22). The minimum Gasteiger partial charge on any atom is -0.454 e. The van der Waals surface area contributed by atoms with Crippen LogP contribution in [0.1, 0.15) is 16.7 Å². The Labute approximate surface area is 144 Å². The van der Waals surface area contributed by atoms with Crippen molar-refractivity contribution in [1.82, 2.24) is 5.43 Å². The SMILES string of the molecule is Cc1ccc(N2NC(=O)C(=Cc3ccc4c(c3)OCO4)C2=O)cc1C. The molecular formula is C19H16N2O4. The van der Waals surface area contributed by atoms with Gasteiger partial charge in [-0.05, 0) is 60.9 Å². The number of carbonyl (C=O) groups is 2. The van der Waals surface area contributed by atoms with E-state index in [2.05, 4.69) is 5.43 Å². The molecule has 6 nitrogen and oxygen atoms in total. The number of amides is 2. The number of rotatable bonds is 2. The zero-order valence-corrected chi connectivity index (χ0v) is 13.8. The molecule has 2 heterocycles. The first-order valence-corrected chi connectivity index (χ1v) is 7.87. The Morgan fingerprint density at radius 3 is 2.60 bits per heavy atom. The number of anilines is 1. The maximum atomic E-state index is 12.7. The van der Waals surface area contributed by atoms with Gasteiger partial charge in [0.05, 0.1) is 5.69 Å². The van der Waals surface area contributed by atoms with E-state index >= 15 is 0 Å². The molecule has 0 saturated carbocycles. The number of hydrazine groups is 1. The Morgan fingerprint density at radius 2 is 1.80 bits per heavy atom. The molecule has 0 unspecified atom stereocenters. The van der Waals surface area contributed by atoms with Gasteiger partial charge < -0.3 is 9.47 Å².